The third kappa shape index (κ3) is 2.19. The molecule has 12 heavy (non-hydrogen) atoms. The molecule has 1 rings (SSSR count). The number of nitrogens with two attached hydrogens (primary N) is 1. The minimum Gasteiger partial charge on any atom is -0.469 e. The van der Waals surface area contributed by atoms with Gasteiger partial charge < -0.3 is 15.2 Å². The summed E-state index contributed by atoms with van der Waals surface area (Å²) in [7, 11) is 1.41. The number of hydrogen-bond donors (Lipinski definition) is 1. The Kier molecular flexibility index (Phi) is 3.49. The number of hydrogen-bond acceptors (Lipinski definition) is 4. The largest absolute Gasteiger partial charge is 0.469 e. The van der Waals surface area contributed by atoms with Crippen LogP contribution in [-0.4, -0.2) is 32.3 Å². The fraction of sp³-hybridized carbons (Fsp3) is 0.875. The van der Waals surface area contributed by atoms with Gasteiger partial charge in [-0.2, -0.15) is 0 Å². The maximum absolute atomic E-state index is 11.1. The first kappa shape index (κ1) is 9.48. The van der Waals surface area contributed by atoms with Crippen molar-refractivity contribution in [3.05, 3.63) is 0 Å². The molecule has 2 N–H and O–H groups in total. The van der Waals surface area contributed by atoms with Gasteiger partial charge in [0.2, 0.25) is 0 Å². The fourth-order valence-electron chi connectivity index (χ4n) is 1.43. The third-order valence-corrected chi connectivity index (χ3v) is 2.16. The molecule has 0 aromatic rings. The summed E-state index contributed by atoms with van der Waals surface area (Å²) in [5, 5.41) is 0. The molecule has 0 aromatic heterocycles. The van der Waals surface area contributed by atoms with E-state index in [1.54, 1.807) is 0 Å². The maximum Gasteiger partial charge on any atom is 0.308 e. The second-order valence-electron chi connectivity index (χ2n) is 2.97. The number of esters is 1. The molecule has 1 aliphatic heterocycles. The van der Waals surface area contributed by atoms with E-state index in [0.717, 1.165) is 6.42 Å². The molecule has 1 aliphatic rings. The molecule has 4 heteroatoms. The van der Waals surface area contributed by atoms with Crippen LogP contribution in [0.2, 0.25) is 0 Å². The highest BCUT2D eigenvalue weighted by atomic mass is 16.5. The first-order valence-electron chi connectivity index (χ1n) is 4.17. The number of carbonyl (C=O) groups is 1. The Hall–Kier alpha value is -0.610. The van der Waals surface area contributed by atoms with Gasteiger partial charge in [-0.05, 0) is 12.8 Å². The van der Waals surface area contributed by atoms with E-state index in [2.05, 4.69) is 4.74 Å². The summed E-state index contributed by atoms with van der Waals surface area (Å²) in [6, 6.07) is 0. The molecule has 4 nitrogen and oxygen atoms in total. The molecule has 1 fully saturated rings. The summed E-state index contributed by atoms with van der Waals surface area (Å²) in [5.74, 6) is -0.158. The molecule has 1 heterocycles. The lowest BCUT2D eigenvalue weighted by Gasteiger charge is -2.26. The van der Waals surface area contributed by atoms with Gasteiger partial charge >= 0.3 is 5.97 Å². The van der Waals surface area contributed by atoms with Crippen LogP contribution >= 0.6 is 0 Å². The molecule has 0 amide bonds. The first-order valence-corrected chi connectivity index (χ1v) is 4.17. The lowest BCUT2D eigenvalue weighted by atomic mass is 9.96. The lowest BCUT2D eigenvalue weighted by Crippen LogP contribution is -2.35. The highest BCUT2D eigenvalue weighted by Crippen LogP contribution is 2.20. The van der Waals surface area contributed by atoms with E-state index in [4.69, 9.17) is 10.5 Å². The van der Waals surface area contributed by atoms with Gasteiger partial charge in [-0.25, -0.2) is 0 Å². The molecule has 0 spiro atoms. The molecule has 2 atom stereocenters. The molecular weight excluding hydrogens is 158 g/mol. The highest BCUT2D eigenvalue weighted by molar-refractivity contribution is 5.72. The topological polar surface area (TPSA) is 61.5 Å². The van der Waals surface area contributed by atoms with Crippen LogP contribution in [0.15, 0.2) is 0 Å². The van der Waals surface area contributed by atoms with Crippen molar-refractivity contribution >= 4 is 5.97 Å². The van der Waals surface area contributed by atoms with Gasteiger partial charge in [0.05, 0.1) is 19.1 Å². The van der Waals surface area contributed by atoms with Crippen molar-refractivity contribution in [1.82, 2.24) is 0 Å². The fourth-order valence-corrected chi connectivity index (χ4v) is 1.43. The smallest absolute Gasteiger partial charge is 0.308 e. The third-order valence-electron chi connectivity index (χ3n) is 2.16. The van der Waals surface area contributed by atoms with Crippen LogP contribution < -0.4 is 5.73 Å². The summed E-state index contributed by atoms with van der Waals surface area (Å²) in [6.45, 7) is 1.09. The van der Waals surface area contributed by atoms with E-state index >= 15 is 0 Å². The monoisotopic (exact) mass is 173 g/mol. The summed E-state index contributed by atoms with van der Waals surface area (Å²) in [5.41, 5.74) is 5.43. The number of methoxy groups -OCH3 is 1. The van der Waals surface area contributed by atoms with Crippen LogP contribution in [-0.2, 0) is 14.3 Å². The van der Waals surface area contributed by atoms with Crippen molar-refractivity contribution < 1.29 is 14.3 Å². The van der Waals surface area contributed by atoms with Crippen molar-refractivity contribution in [2.24, 2.45) is 11.7 Å². The average Bonchev–Trinajstić information content (AvgIpc) is 2.17. The molecule has 0 unspecified atom stereocenters. The second kappa shape index (κ2) is 4.42. The van der Waals surface area contributed by atoms with E-state index in [1.807, 2.05) is 0 Å². The minimum atomic E-state index is -0.142. The van der Waals surface area contributed by atoms with Crippen molar-refractivity contribution in [2.45, 2.75) is 18.9 Å². The minimum absolute atomic E-state index is 0.0164. The Morgan fingerprint density at radius 3 is 3.08 bits per heavy atom. The van der Waals surface area contributed by atoms with Gasteiger partial charge in [0.1, 0.15) is 0 Å². The predicted molar refractivity (Wildman–Crippen MR) is 43.5 cm³/mol. The van der Waals surface area contributed by atoms with Gasteiger partial charge in [0.25, 0.3) is 0 Å². The Labute approximate surface area is 72.0 Å². The van der Waals surface area contributed by atoms with Crippen LogP contribution in [0.4, 0.5) is 0 Å². The van der Waals surface area contributed by atoms with Gasteiger partial charge in [-0.3, -0.25) is 4.79 Å². The second-order valence-corrected chi connectivity index (χ2v) is 2.97. The molecule has 0 aromatic carbocycles. The molecule has 70 valence electrons. The van der Waals surface area contributed by atoms with Gasteiger partial charge in [-0.1, -0.05) is 0 Å². The van der Waals surface area contributed by atoms with Crippen LogP contribution in [0.5, 0.6) is 0 Å². The van der Waals surface area contributed by atoms with Gasteiger partial charge in [-0.15, -0.1) is 0 Å². The Morgan fingerprint density at radius 1 is 1.75 bits per heavy atom. The average molecular weight is 173 g/mol. The van der Waals surface area contributed by atoms with E-state index in [1.165, 1.54) is 7.11 Å². The summed E-state index contributed by atoms with van der Waals surface area (Å²) in [4.78, 5) is 11.1. The van der Waals surface area contributed by atoms with E-state index in [0.29, 0.717) is 19.6 Å². The summed E-state index contributed by atoms with van der Waals surface area (Å²) < 4.78 is 9.97. The lowest BCUT2D eigenvalue weighted by molar-refractivity contribution is -0.150. The highest BCUT2D eigenvalue weighted by Gasteiger charge is 2.27. The molecule has 0 saturated carbocycles. The van der Waals surface area contributed by atoms with E-state index < -0.39 is 0 Å². The van der Waals surface area contributed by atoms with Crippen molar-refractivity contribution in [3.8, 4) is 0 Å². The maximum atomic E-state index is 11.1. The molecule has 0 bridgehead atoms. The summed E-state index contributed by atoms with van der Waals surface area (Å²) in [6.07, 6.45) is 1.48. The SMILES string of the molecule is COC(=O)[C@@H]1CCO[C@H](CN)C1. The van der Waals surface area contributed by atoms with E-state index in [-0.39, 0.29) is 18.0 Å². The zero-order chi connectivity index (χ0) is 8.97. The number of ether oxygens (including phenoxy) is 2. The molecule has 1 saturated heterocycles. The molecular formula is C8H15NO3. The van der Waals surface area contributed by atoms with Crippen LogP contribution in [0.3, 0.4) is 0 Å². The number of carbonyl (C=O) groups excluding carboxylic acids is 1. The van der Waals surface area contributed by atoms with Crippen molar-refractivity contribution in [1.29, 1.82) is 0 Å². The molecule has 0 radical (unpaired) electrons. The Bertz CT molecular complexity index is 160. The van der Waals surface area contributed by atoms with E-state index in [9.17, 15) is 4.79 Å². The van der Waals surface area contributed by atoms with Crippen molar-refractivity contribution in [3.63, 3.8) is 0 Å². The Balaban J connectivity index is 2.40. The summed E-state index contributed by atoms with van der Waals surface area (Å²) >= 11 is 0. The zero-order valence-corrected chi connectivity index (χ0v) is 7.29. The van der Waals surface area contributed by atoms with Gasteiger partial charge in [0, 0.05) is 13.2 Å². The quantitative estimate of drug-likeness (QED) is 0.593. The van der Waals surface area contributed by atoms with Crippen LogP contribution in [0.25, 0.3) is 0 Å². The van der Waals surface area contributed by atoms with Crippen molar-refractivity contribution in [2.75, 3.05) is 20.3 Å². The number of rotatable bonds is 2. The zero-order valence-electron chi connectivity index (χ0n) is 7.29. The normalized spacial score (nSPS) is 29.8. The standard InChI is InChI=1S/C8H15NO3/c1-11-8(10)6-2-3-12-7(4-6)5-9/h6-7H,2-5,9H2,1H3/t6-,7+/m1/s1. The van der Waals surface area contributed by atoms with Crippen LogP contribution in [0.1, 0.15) is 12.8 Å². The van der Waals surface area contributed by atoms with Crippen LogP contribution in [0, 0.1) is 5.92 Å². The predicted octanol–water partition coefficient (Wildman–Crippen LogP) is -0.0867. The van der Waals surface area contributed by atoms with Gasteiger partial charge in [0.15, 0.2) is 0 Å². The first-order chi connectivity index (χ1) is 5.77. The molecule has 0 aliphatic carbocycles. The Morgan fingerprint density at radius 2 is 2.50 bits per heavy atom.